The number of likely N-dealkylation sites (tertiary alicyclic amines) is 2. The van der Waals surface area contributed by atoms with Gasteiger partial charge in [0.25, 0.3) is 5.91 Å². The summed E-state index contributed by atoms with van der Waals surface area (Å²) in [6, 6.07) is 8.05. The standard InChI is InChI=1S/C21H27N3O3/c1-15-5-3-6-16-13-17(22(2)18(15)16)19(26)24-10-8-21(14-24)7-4-9-23(11-12-25)20(21)27/h3,5-6,13,25H,4,7-12,14H2,1-2H3/t21-/m1/s1. The van der Waals surface area contributed by atoms with E-state index in [9.17, 15) is 14.7 Å². The molecule has 1 spiro atoms. The highest BCUT2D eigenvalue weighted by Gasteiger charge is 2.49. The molecule has 2 amide bonds. The molecule has 1 aromatic carbocycles. The number of aliphatic hydroxyl groups excluding tert-OH is 1. The minimum Gasteiger partial charge on any atom is -0.395 e. The normalized spacial score (nSPS) is 23.0. The molecule has 144 valence electrons. The molecule has 0 bridgehead atoms. The summed E-state index contributed by atoms with van der Waals surface area (Å²) >= 11 is 0. The number of carbonyl (C=O) groups excluding carboxylic acids is 2. The number of aliphatic hydroxyl groups is 1. The van der Waals surface area contributed by atoms with Crippen LogP contribution in [0.15, 0.2) is 24.3 Å². The second-order valence-corrected chi connectivity index (χ2v) is 7.98. The molecule has 0 unspecified atom stereocenters. The van der Waals surface area contributed by atoms with Gasteiger partial charge >= 0.3 is 0 Å². The second kappa shape index (κ2) is 6.68. The van der Waals surface area contributed by atoms with E-state index < -0.39 is 5.41 Å². The molecule has 2 aliphatic rings. The van der Waals surface area contributed by atoms with E-state index in [1.165, 1.54) is 0 Å². The van der Waals surface area contributed by atoms with Crippen molar-refractivity contribution in [2.45, 2.75) is 26.2 Å². The van der Waals surface area contributed by atoms with Gasteiger partial charge in [-0.15, -0.1) is 0 Å². The van der Waals surface area contributed by atoms with Crippen LogP contribution >= 0.6 is 0 Å². The van der Waals surface area contributed by atoms with Crippen molar-refractivity contribution in [3.63, 3.8) is 0 Å². The van der Waals surface area contributed by atoms with E-state index in [1.807, 2.05) is 34.7 Å². The molecular weight excluding hydrogens is 342 g/mol. The monoisotopic (exact) mass is 369 g/mol. The Balaban J connectivity index is 1.59. The van der Waals surface area contributed by atoms with E-state index in [1.54, 1.807) is 4.90 Å². The summed E-state index contributed by atoms with van der Waals surface area (Å²) < 4.78 is 1.97. The van der Waals surface area contributed by atoms with Gasteiger partial charge in [-0.25, -0.2) is 0 Å². The summed E-state index contributed by atoms with van der Waals surface area (Å²) in [5.41, 5.74) is 2.43. The number of hydrogen-bond acceptors (Lipinski definition) is 3. The largest absolute Gasteiger partial charge is 0.395 e. The number of aryl methyl sites for hydroxylation is 2. The highest BCUT2D eigenvalue weighted by Crippen LogP contribution is 2.40. The fraction of sp³-hybridized carbons (Fsp3) is 0.524. The van der Waals surface area contributed by atoms with Crippen LogP contribution in [0.3, 0.4) is 0 Å². The molecule has 4 rings (SSSR count). The second-order valence-electron chi connectivity index (χ2n) is 7.98. The molecule has 0 radical (unpaired) electrons. The predicted octanol–water partition coefficient (Wildman–Crippen LogP) is 1.93. The van der Waals surface area contributed by atoms with Crippen LogP contribution in [0.4, 0.5) is 0 Å². The first-order chi connectivity index (χ1) is 13.0. The maximum Gasteiger partial charge on any atom is 0.270 e. The number of fused-ring (bicyclic) bond motifs is 1. The fourth-order valence-electron chi connectivity index (χ4n) is 4.90. The SMILES string of the molecule is Cc1cccc2cc(C(=O)N3CC[C@]4(CCCN(CCO)C4=O)C3)n(C)c12. The Morgan fingerprint density at radius 1 is 1.26 bits per heavy atom. The molecule has 0 saturated carbocycles. The van der Waals surface area contributed by atoms with Crippen LogP contribution in [0, 0.1) is 12.3 Å². The Bertz CT molecular complexity index is 901. The van der Waals surface area contributed by atoms with Gasteiger partial charge in [0.15, 0.2) is 0 Å². The molecule has 2 aromatic rings. The molecule has 1 atom stereocenters. The minimum atomic E-state index is -0.469. The van der Waals surface area contributed by atoms with E-state index in [0.717, 1.165) is 29.3 Å². The number of hydrogen-bond donors (Lipinski definition) is 1. The average molecular weight is 369 g/mol. The van der Waals surface area contributed by atoms with Crippen molar-refractivity contribution in [2.24, 2.45) is 12.5 Å². The minimum absolute atomic E-state index is 0.00273. The zero-order chi connectivity index (χ0) is 19.2. The first kappa shape index (κ1) is 18.0. The van der Waals surface area contributed by atoms with Crippen LogP contribution in [0.2, 0.25) is 0 Å². The molecule has 2 aliphatic heterocycles. The van der Waals surface area contributed by atoms with Crippen molar-refractivity contribution in [2.75, 3.05) is 32.8 Å². The van der Waals surface area contributed by atoms with Gasteiger partial charge in [-0.05, 0) is 37.8 Å². The Labute approximate surface area is 159 Å². The van der Waals surface area contributed by atoms with Crippen LogP contribution in [-0.2, 0) is 11.8 Å². The highest BCUT2D eigenvalue weighted by atomic mass is 16.3. The summed E-state index contributed by atoms with van der Waals surface area (Å²) in [5, 5.41) is 10.3. The molecule has 1 N–H and O–H groups in total. The Kier molecular flexibility index (Phi) is 4.46. The van der Waals surface area contributed by atoms with Crippen molar-refractivity contribution < 1.29 is 14.7 Å². The Morgan fingerprint density at radius 3 is 2.81 bits per heavy atom. The smallest absolute Gasteiger partial charge is 0.270 e. The first-order valence-corrected chi connectivity index (χ1v) is 9.71. The lowest BCUT2D eigenvalue weighted by Crippen LogP contribution is -2.51. The summed E-state index contributed by atoms with van der Waals surface area (Å²) in [6.45, 7) is 4.22. The number of β-amino-alcohol motifs (C(OH)–C–C–N with tert-alkyl or cyclic N) is 1. The van der Waals surface area contributed by atoms with Crippen molar-refractivity contribution in [3.05, 3.63) is 35.5 Å². The van der Waals surface area contributed by atoms with E-state index >= 15 is 0 Å². The molecule has 27 heavy (non-hydrogen) atoms. The number of para-hydroxylation sites is 1. The van der Waals surface area contributed by atoms with Crippen molar-refractivity contribution in [3.8, 4) is 0 Å². The number of benzene rings is 1. The van der Waals surface area contributed by atoms with Crippen molar-refractivity contribution >= 4 is 22.7 Å². The lowest BCUT2D eigenvalue weighted by molar-refractivity contribution is -0.146. The predicted molar refractivity (Wildman–Crippen MR) is 104 cm³/mol. The summed E-state index contributed by atoms with van der Waals surface area (Å²) in [5.74, 6) is 0.100. The fourth-order valence-corrected chi connectivity index (χ4v) is 4.90. The molecule has 3 heterocycles. The maximum atomic E-state index is 13.2. The van der Waals surface area contributed by atoms with Gasteiger partial charge < -0.3 is 19.5 Å². The number of carbonyl (C=O) groups is 2. The number of nitrogens with zero attached hydrogens (tertiary/aromatic N) is 3. The van der Waals surface area contributed by atoms with Gasteiger partial charge in [0.2, 0.25) is 5.91 Å². The van der Waals surface area contributed by atoms with Crippen LogP contribution in [0.5, 0.6) is 0 Å². The summed E-state index contributed by atoms with van der Waals surface area (Å²) in [6.07, 6.45) is 2.47. The molecule has 2 fully saturated rings. The van der Waals surface area contributed by atoms with Crippen molar-refractivity contribution in [1.29, 1.82) is 0 Å². The Hall–Kier alpha value is -2.34. The molecule has 2 saturated heterocycles. The topological polar surface area (TPSA) is 65.8 Å². The lowest BCUT2D eigenvalue weighted by atomic mass is 9.78. The van der Waals surface area contributed by atoms with Gasteiger partial charge in [0, 0.05) is 38.6 Å². The average Bonchev–Trinajstić information content (AvgIpc) is 3.22. The van der Waals surface area contributed by atoms with Gasteiger partial charge in [0.05, 0.1) is 17.5 Å². The number of amides is 2. The zero-order valence-electron chi connectivity index (χ0n) is 16.1. The van der Waals surface area contributed by atoms with Crippen LogP contribution < -0.4 is 0 Å². The molecule has 6 heteroatoms. The highest BCUT2D eigenvalue weighted by molar-refractivity contribution is 6.00. The summed E-state index contributed by atoms with van der Waals surface area (Å²) in [4.78, 5) is 29.8. The van der Waals surface area contributed by atoms with Crippen molar-refractivity contribution in [1.82, 2.24) is 14.4 Å². The maximum absolute atomic E-state index is 13.2. The molecule has 0 aliphatic carbocycles. The van der Waals surface area contributed by atoms with E-state index in [4.69, 9.17) is 0 Å². The van der Waals surface area contributed by atoms with Crippen LogP contribution in [-0.4, -0.2) is 64.1 Å². The van der Waals surface area contributed by atoms with Gasteiger partial charge in [-0.3, -0.25) is 9.59 Å². The van der Waals surface area contributed by atoms with Gasteiger partial charge in [-0.1, -0.05) is 18.2 Å². The third kappa shape index (κ3) is 2.83. The van der Waals surface area contributed by atoms with E-state index in [2.05, 4.69) is 13.0 Å². The lowest BCUT2D eigenvalue weighted by Gasteiger charge is -2.39. The van der Waals surface area contributed by atoms with Gasteiger partial charge in [0.1, 0.15) is 5.69 Å². The molecule has 1 aromatic heterocycles. The van der Waals surface area contributed by atoms with Crippen LogP contribution in [0.25, 0.3) is 10.9 Å². The van der Waals surface area contributed by atoms with E-state index in [0.29, 0.717) is 38.3 Å². The Morgan fingerprint density at radius 2 is 2.07 bits per heavy atom. The third-order valence-corrected chi connectivity index (χ3v) is 6.31. The first-order valence-electron chi connectivity index (χ1n) is 9.71. The quantitative estimate of drug-likeness (QED) is 0.899. The number of aromatic nitrogens is 1. The van der Waals surface area contributed by atoms with Crippen LogP contribution in [0.1, 0.15) is 35.3 Å². The molecule has 6 nitrogen and oxygen atoms in total. The number of piperidine rings is 1. The third-order valence-electron chi connectivity index (χ3n) is 6.31. The molecular formula is C21H27N3O3. The number of rotatable bonds is 3. The van der Waals surface area contributed by atoms with Gasteiger partial charge in [-0.2, -0.15) is 0 Å². The van der Waals surface area contributed by atoms with E-state index in [-0.39, 0.29) is 18.4 Å². The zero-order valence-corrected chi connectivity index (χ0v) is 16.1. The summed E-state index contributed by atoms with van der Waals surface area (Å²) in [7, 11) is 1.93.